The fourth-order valence-corrected chi connectivity index (χ4v) is 1.53. The molecule has 0 nitrogen and oxygen atoms in total. The fraction of sp³-hybridized carbons (Fsp3) is 0.200. The first kappa shape index (κ1) is 13.4. The van der Waals surface area contributed by atoms with Crippen LogP contribution in [0.4, 0.5) is 8.78 Å². The van der Waals surface area contributed by atoms with E-state index in [-0.39, 0.29) is 11.6 Å². The van der Waals surface area contributed by atoms with Crippen LogP contribution in [-0.4, -0.2) is 0 Å². The summed E-state index contributed by atoms with van der Waals surface area (Å²) in [5.74, 6) is -0.521. The highest BCUT2D eigenvalue weighted by molar-refractivity contribution is 5.26. The van der Waals surface area contributed by atoms with E-state index in [1.807, 2.05) is 26.0 Å². The lowest BCUT2D eigenvalue weighted by Crippen LogP contribution is -1.89. The molecule has 0 atom stereocenters. The van der Waals surface area contributed by atoms with Crippen LogP contribution in [0.25, 0.3) is 0 Å². The summed E-state index contributed by atoms with van der Waals surface area (Å²) < 4.78 is 25.8. The van der Waals surface area contributed by atoms with Gasteiger partial charge >= 0.3 is 0 Å². The third kappa shape index (κ3) is 4.35. The summed E-state index contributed by atoms with van der Waals surface area (Å²) in [5, 5.41) is 0. The Morgan fingerprint density at radius 3 is 1.53 bits per heavy atom. The Balaban J connectivity index is 0.000000686. The van der Waals surface area contributed by atoms with Gasteiger partial charge in [0.2, 0.25) is 0 Å². The second-order valence-corrected chi connectivity index (χ2v) is 3.44. The number of halogens is 2. The first-order valence-corrected chi connectivity index (χ1v) is 5.73. The molecule has 0 radical (unpaired) electrons. The van der Waals surface area contributed by atoms with Crippen LogP contribution < -0.4 is 0 Å². The molecule has 0 amide bonds. The van der Waals surface area contributed by atoms with Gasteiger partial charge in [-0.05, 0) is 41.8 Å². The third-order valence-electron chi connectivity index (χ3n) is 2.19. The maximum absolute atomic E-state index is 12.9. The maximum atomic E-state index is 12.9. The molecule has 0 N–H and O–H groups in total. The lowest BCUT2D eigenvalue weighted by Gasteiger charge is -2.01. The van der Waals surface area contributed by atoms with Gasteiger partial charge in [-0.15, -0.1) is 0 Å². The molecule has 0 aliphatic carbocycles. The molecule has 0 saturated carbocycles. The van der Waals surface area contributed by atoms with Gasteiger partial charge in [-0.1, -0.05) is 38.1 Å². The summed E-state index contributed by atoms with van der Waals surface area (Å²) in [6.45, 7) is 4.00. The van der Waals surface area contributed by atoms with Crippen LogP contribution in [0.5, 0.6) is 0 Å². The van der Waals surface area contributed by atoms with Gasteiger partial charge < -0.3 is 0 Å². The molecule has 2 aromatic carbocycles. The van der Waals surface area contributed by atoms with E-state index in [9.17, 15) is 8.78 Å². The minimum atomic E-state index is -0.260. The van der Waals surface area contributed by atoms with Crippen molar-refractivity contribution in [1.29, 1.82) is 0 Å². The van der Waals surface area contributed by atoms with Crippen LogP contribution in [0.1, 0.15) is 25.0 Å². The standard InChI is InChI=1S/C13H10F2.C2H6/c14-12-5-1-3-10(8-12)7-11-4-2-6-13(15)9-11;1-2/h1-6,8-9H,7H2;1-2H3. The Morgan fingerprint density at radius 1 is 0.765 bits per heavy atom. The van der Waals surface area contributed by atoms with Crippen LogP contribution in [-0.2, 0) is 6.42 Å². The monoisotopic (exact) mass is 234 g/mol. The van der Waals surface area contributed by atoms with Crippen molar-refractivity contribution in [2.24, 2.45) is 0 Å². The Morgan fingerprint density at radius 2 is 1.18 bits per heavy atom. The lowest BCUT2D eigenvalue weighted by atomic mass is 10.1. The van der Waals surface area contributed by atoms with E-state index in [0.717, 1.165) is 11.1 Å². The minimum absolute atomic E-state index is 0.260. The minimum Gasteiger partial charge on any atom is -0.207 e. The number of rotatable bonds is 2. The highest BCUT2D eigenvalue weighted by atomic mass is 19.1. The molecule has 90 valence electrons. The van der Waals surface area contributed by atoms with E-state index in [1.54, 1.807) is 12.1 Å². The van der Waals surface area contributed by atoms with Gasteiger partial charge in [0.15, 0.2) is 0 Å². The van der Waals surface area contributed by atoms with Crippen molar-refractivity contribution in [3.8, 4) is 0 Å². The van der Waals surface area contributed by atoms with Crippen molar-refractivity contribution in [3.05, 3.63) is 71.3 Å². The Bertz CT molecular complexity index is 420. The molecule has 0 aliphatic heterocycles. The highest BCUT2D eigenvalue weighted by Crippen LogP contribution is 2.11. The second kappa shape index (κ2) is 6.79. The molecular weight excluding hydrogens is 218 g/mol. The average Bonchev–Trinajstić information content (AvgIpc) is 2.31. The topological polar surface area (TPSA) is 0 Å². The van der Waals surface area contributed by atoms with Crippen LogP contribution in [0, 0.1) is 11.6 Å². The van der Waals surface area contributed by atoms with Crippen molar-refractivity contribution < 1.29 is 8.78 Å². The molecule has 0 aromatic heterocycles. The average molecular weight is 234 g/mol. The first-order valence-electron chi connectivity index (χ1n) is 5.73. The third-order valence-corrected chi connectivity index (χ3v) is 2.19. The van der Waals surface area contributed by atoms with E-state index in [4.69, 9.17) is 0 Å². The quantitative estimate of drug-likeness (QED) is 0.713. The van der Waals surface area contributed by atoms with Crippen molar-refractivity contribution in [2.75, 3.05) is 0 Å². The zero-order valence-corrected chi connectivity index (χ0v) is 10.1. The smallest absolute Gasteiger partial charge is 0.123 e. The van der Waals surface area contributed by atoms with Crippen molar-refractivity contribution in [3.63, 3.8) is 0 Å². The zero-order valence-electron chi connectivity index (χ0n) is 10.1. The Hall–Kier alpha value is -1.70. The summed E-state index contributed by atoms with van der Waals surface area (Å²) in [5.41, 5.74) is 1.70. The van der Waals surface area contributed by atoms with Crippen molar-refractivity contribution in [2.45, 2.75) is 20.3 Å². The van der Waals surface area contributed by atoms with Crippen LogP contribution in [0.3, 0.4) is 0 Å². The molecule has 17 heavy (non-hydrogen) atoms. The SMILES string of the molecule is CC.Fc1cccc(Cc2cccc(F)c2)c1. The van der Waals surface area contributed by atoms with Crippen LogP contribution >= 0.6 is 0 Å². The van der Waals surface area contributed by atoms with E-state index in [1.165, 1.54) is 24.3 Å². The van der Waals surface area contributed by atoms with E-state index in [0.29, 0.717) is 6.42 Å². The first-order chi connectivity index (χ1) is 8.24. The van der Waals surface area contributed by atoms with Gasteiger partial charge in [0.25, 0.3) is 0 Å². The summed E-state index contributed by atoms with van der Waals surface area (Å²) in [6, 6.07) is 12.7. The zero-order chi connectivity index (χ0) is 12.7. The van der Waals surface area contributed by atoms with Gasteiger partial charge in [-0.3, -0.25) is 0 Å². The number of benzene rings is 2. The van der Waals surface area contributed by atoms with Crippen LogP contribution in [0.2, 0.25) is 0 Å². The molecule has 0 saturated heterocycles. The number of hydrogen-bond acceptors (Lipinski definition) is 0. The molecule has 2 rings (SSSR count). The van der Waals surface area contributed by atoms with Gasteiger partial charge in [-0.2, -0.15) is 0 Å². The summed E-state index contributed by atoms with van der Waals surface area (Å²) in [6.07, 6.45) is 0.551. The van der Waals surface area contributed by atoms with E-state index >= 15 is 0 Å². The normalized spacial score (nSPS) is 9.41. The fourth-order valence-electron chi connectivity index (χ4n) is 1.53. The Labute approximate surface area is 101 Å². The van der Waals surface area contributed by atoms with Crippen LogP contribution in [0.15, 0.2) is 48.5 Å². The lowest BCUT2D eigenvalue weighted by molar-refractivity contribution is 0.624. The van der Waals surface area contributed by atoms with Gasteiger partial charge in [0, 0.05) is 0 Å². The second-order valence-electron chi connectivity index (χ2n) is 3.44. The molecule has 0 bridgehead atoms. The molecule has 0 fully saturated rings. The molecule has 0 unspecified atom stereocenters. The largest absolute Gasteiger partial charge is 0.207 e. The summed E-state index contributed by atoms with van der Waals surface area (Å²) >= 11 is 0. The van der Waals surface area contributed by atoms with Crippen molar-refractivity contribution >= 4 is 0 Å². The van der Waals surface area contributed by atoms with Gasteiger partial charge in [0.05, 0.1) is 0 Å². The molecule has 0 heterocycles. The Kier molecular flexibility index (Phi) is 5.34. The highest BCUT2D eigenvalue weighted by Gasteiger charge is 1.98. The summed E-state index contributed by atoms with van der Waals surface area (Å²) in [4.78, 5) is 0. The van der Waals surface area contributed by atoms with Gasteiger partial charge in [-0.25, -0.2) is 8.78 Å². The van der Waals surface area contributed by atoms with E-state index < -0.39 is 0 Å². The molecule has 0 spiro atoms. The van der Waals surface area contributed by atoms with Gasteiger partial charge in [0.1, 0.15) is 11.6 Å². The molecule has 0 aliphatic rings. The van der Waals surface area contributed by atoms with E-state index in [2.05, 4.69) is 0 Å². The maximum Gasteiger partial charge on any atom is 0.123 e. The summed E-state index contributed by atoms with van der Waals surface area (Å²) in [7, 11) is 0. The predicted octanol–water partition coefficient (Wildman–Crippen LogP) is 4.58. The predicted molar refractivity (Wildman–Crippen MR) is 67.0 cm³/mol. The molecular formula is C15H16F2. The molecule has 2 heteroatoms. The number of hydrogen-bond donors (Lipinski definition) is 0. The van der Waals surface area contributed by atoms with Crippen molar-refractivity contribution in [1.82, 2.24) is 0 Å². The molecule has 2 aromatic rings.